The minimum Gasteiger partial charge on any atom is -0.296 e. The predicted molar refractivity (Wildman–Crippen MR) is 70.8 cm³/mol. The summed E-state index contributed by atoms with van der Waals surface area (Å²) in [6.07, 6.45) is 2.19. The van der Waals surface area contributed by atoms with Crippen LogP contribution in [-0.2, 0) is 4.79 Å². The van der Waals surface area contributed by atoms with Gasteiger partial charge in [-0.15, -0.1) is 11.6 Å². The number of pyridine rings is 1. The van der Waals surface area contributed by atoms with Gasteiger partial charge in [0, 0.05) is 29.5 Å². The number of rotatable bonds is 2. The molecule has 1 aromatic heterocycles. The summed E-state index contributed by atoms with van der Waals surface area (Å²) < 4.78 is 1.69. The lowest BCUT2D eigenvalue weighted by Crippen LogP contribution is -2.26. The third-order valence-corrected chi connectivity index (χ3v) is 3.92. The molecule has 1 aromatic rings. The highest BCUT2D eigenvalue weighted by Gasteiger charge is 2.31. The molecule has 1 amide bonds. The van der Waals surface area contributed by atoms with E-state index in [1.165, 1.54) is 0 Å². The van der Waals surface area contributed by atoms with Crippen molar-refractivity contribution in [2.75, 3.05) is 17.3 Å². The van der Waals surface area contributed by atoms with Crippen LogP contribution in [0.5, 0.6) is 0 Å². The van der Waals surface area contributed by atoms with Gasteiger partial charge >= 0.3 is 0 Å². The first-order chi connectivity index (χ1) is 7.61. The minimum atomic E-state index is 0.0844. The van der Waals surface area contributed by atoms with Gasteiger partial charge in [0.05, 0.1) is 4.47 Å². The van der Waals surface area contributed by atoms with Crippen LogP contribution in [0.4, 0.5) is 5.82 Å². The van der Waals surface area contributed by atoms with Crippen molar-refractivity contribution < 1.29 is 4.79 Å². The maximum absolute atomic E-state index is 11.8. The summed E-state index contributed by atoms with van der Waals surface area (Å²) in [6, 6.07) is 1.88. The Morgan fingerprint density at radius 3 is 2.88 bits per heavy atom. The SMILES string of the molecule is O=C1CC(CCl)CN1c1ncc(Br)cc1Br. The van der Waals surface area contributed by atoms with Crippen molar-refractivity contribution in [1.82, 2.24) is 4.98 Å². The number of carbonyl (C=O) groups is 1. The van der Waals surface area contributed by atoms with Gasteiger partial charge in [0.15, 0.2) is 0 Å². The van der Waals surface area contributed by atoms with E-state index in [1.54, 1.807) is 11.1 Å². The molecule has 2 rings (SSSR count). The normalized spacial score (nSPS) is 20.6. The minimum absolute atomic E-state index is 0.0844. The van der Waals surface area contributed by atoms with E-state index in [9.17, 15) is 4.79 Å². The summed E-state index contributed by atoms with van der Waals surface area (Å²) in [6.45, 7) is 0.648. The van der Waals surface area contributed by atoms with Crippen molar-refractivity contribution in [3.8, 4) is 0 Å². The topological polar surface area (TPSA) is 33.2 Å². The summed E-state index contributed by atoms with van der Waals surface area (Å²) in [7, 11) is 0. The molecule has 3 nitrogen and oxygen atoms in total. The number of alkyl halides is 1. The third-order valence-electron chi connectivity index (χ3n) is 2.47. The highest BCUT2D eigenvalue weighted by Crippen LogP contribution is 2.31. The van der Waals surface area contributed by atoms with Crippen LogP contribution in [0.25, 0.3) is 0 Å². The number of carbonyl (C=O) groups excluding carboxylic acids is 1. The second-order valence-electron chi connectivity index (χ2n) is 3.69. The molecule has 0 bridgehead atoms. The number of aromatic nitrogens is 1. The van der Waals surface area contributed by atoms with Gasteiger partial charge < -0.3 is 0 Å². The van der Waals surface area contributed by atoms with Crippen LogP contribution in [-0.4, -0.2) is 23.3 Å². The van der Waals surface area contributed by atoms with E-state index in [1.807, 2.05) is 6.07 Å². The highest BCUT2D eigenvalue weighted by molar-refractivity contribution is 9.11. The molecule has 0 N–H and O–H groups in total. The fourth-order valence-electron chi connectivity index (χ4n) is 1.70. The lowest BCUT2D eigenvalue weighted by atomic mass is 10.1. The molecular formula is C10H9Br2ClN2O. The van der Waals surface area contributed by atoms with E-state index in [0.29, 0.717) is 24.7 Å². The lowest BCUT2D eigenvalue weighted by molar-refractivity contribution is -0.117. The zero-order valence-corrected chi connectivity index (χ0v) is 12.2. The van der Waals surface area contributed by atoms with Crippen LogP contribution in [0.3, 0.4) is 0 Å². The van der Waals surface area contributed by atoms with Crippen LogP contribution in [0.15, 0.2) is 21.2 Å². The molecule has 1 fully saturated rings. The lowest BCUT2D eigenvalue weighted by Gasteiger charge is -2.16. The van der Waals surface area contributed by atoms with Crippen molar-refractivity contribution >= 4 is 55.2 Å². The summed E-state index contributed by atoms with van der Waals surface area (Å²) in [5.74, 6) is 1.49. The summed E-state index contributed by atoms with van der Waals surface area (Å²) in [5, 5.41) is 0. The van der Waals surface area contributed by atoms with Crippen LogP contribution in [0, 0.1) is 5.92 Å². The molecule has 0 radical (unpaired) electrons. The molecule has 86 valence electrons. The van der Waals surface area contributed by atoms with Gasteiger partial charge in [-0.05, 0) is 43.8 Å². The molecule has 1 aliphatic rings. The Hall–Kier alpha value is -0.130. The van der Waals surface area contributed by atoms with E-state index in [4.69, 9.17) is 11.6 Å². The molecule has 0 saturated carbocycles. The maximum Gasteiger partial charge on any atom is 0.228 e. The van der Waals surface area contributed by atoms with Crippen molar-refractivity contribution in [3.63, 3.8) is 0 Å². The third kappa shape index (κ3) is 2.41. The molecule has 1 aliphatic heterocycles. The number of amides is 1. The Morgan fingerprint density at radius 2 is 2.31 bits per heavy atom. The molecule has 2 heterocycles. The largest absolute Gasteiger partial charge is 0.296 e. The van der Waals surface area contributed by atoms with Crippen molar-refractivity contribution in [1.29, 1.82) is 0 Å². The molecule has 1 atom stereocenters. The van der Waals surface area contributed by atoms with Gasteiger partial charge in [0.1, 0.15) is 5.82 Å². The fourth-order valence-corrected chi connectivity index (χ4v) is 3.10. The Bertz CT molecular complexity index is 427. The standard InChI is InChI=1S/C10H9Br2ClN2O/c11-7-2-8(12)10(14-4-7)15-5-6(3-13)1-9(15)16/h2,4,6H,1,3,5H2. The van der Waals surface area contributed by atoms with Gasteiger partial charge in [-0.3, -0.25) is 9.69 Å². The van der Waals surface area contributed by atoms with Gasteiger partial charge in [0.25, 0.3) is 0 Å². The highest BCUT2D eigenvalue weighted by atomic mass is 79.9. The summed E-state index contributed by atoms with van der Waals surface area (Å²) in [5.41, 5.74) is 0. The van der Waals surface area contributed by atoms with Crippen LogP contribution in [0.2, 0.25) is 0 Å². The fraction of sp³-hybridized carbons (Fsp3) is 0.400. The number of anilines is 1. The van der Waals surface area contributed by atoms with Gasteiger partial charge in [-0.25, -0.2) is 4.98 Å². The Balaban J connectivity index is 2.28. The first-order valence-electron chi connectivity index (χ1n) is 4.79. The zero-order chi connectivity index (χ0) is 11.7. The van der Waals surface area contributed by atoms with Crippen molar-refractivity contribution in [2.45, 2.75) is 6.42 Å². The average Bonchev–Trinajstić information content (AvgIpc) is 2.60. The summed E-state index contributed by atoms with van der Waals surface area (Å²) in [4.78, 5) is 17.7. The quantitative estimate of drug-likeness (QED) is 0.751. The van der Waals surface area contributed by atoms with Gasteiger partial charge in [-0.1, -0.05) is 0 Å². The predicted octanol–water partition coefficient (Wildman–Crippen LogP) is 3.20. The average molecular weight is 368 g/mol. The number of hydrogen-bond donors (Lipinski definition) is 0. The molecule has 6 heteroatoms. The second kappa shape index (κ2) is 5.02. The van der Waals surface area contributed by atoms with Crippen molar-refractivity contribution in [3.05, 3.63) is 21.2 Å². The Kier molecular flexibility index (Phi) is 3.87. The molecular weight excluding hydrogens is 359 g/mol. The van der Waals surface area contributed by atoms with E-state index in [2.05, 4.69) is 36.8 Å². The molecule has 0 aliphatic carbocycles. The number of hydrogen-bond acceptors (Lipinski definition) is 2. The monoisotopic (exact) mass is 366 g/mol. The molecule has 1 unspecified atom stereocenters. The van der Waals surface area contributed by atoms with Crippen LogP contribution in [0.1, 0.15) is 6.42 Å². The van der Waals surface area contributed by atoms with Gasteiger partial charge in [0.2, 0.25) is 5.91 Å². The molecule has 0 spiro atoms. The van der Waals surface area contributed by atoms with E-state index < -0.39 is 0 Å². The summed E-state index contributed by atoms with van der Waals surface area (Å²) >= 11 is 12.5. The van der Waals surface area contributed by atoms with E-state index >= 15 is 0 Å². The van der Waals surface area contributed by atoms with Crippen molar-refractivity contribution in [2.24, 2.45) is 5.92 Å². The van der Waals surface area contributed by atoms with Crippen LogP contribution >= 0.6 is 43.5 Å². The first-order valence-corrected chi connectivity index (χ1v) is 6.91. The van der Waals surface area contributed by atoms with Crippen LogP contribution < -0.4 is 4.90 Å². The first kappa shape index (κ1) is 12.3. The second-order valence-corrected chi connectivity index (χ2v) is 5.77. The van der Waals surface area contributed by atoms with E-state index in [0.717, 1.165) is 8.95 Å². The van der Waals surface area contributed by atoms with Gasteiger partial charge in [-0.2, -0.15) is 0 Å². The Labute approximate surface area is 115 Å². The smallest absolute Gasteiger partial charge is 0.228 e. The number of nitrogens with zero attached hydrogens (tertiary/aromatic N) is 2. The maximum atomic E-state index is 11.8. The molecule has 1 saturated heterocycles. The zero-order valence-electron chi connectivity index (χ0n) is 8.29. The number of halogens is 3. The van der Waals surface area contributed by atoms with E-state index in [-0.39, 0.29) is 11.8 Å². The molecule has 0 aromatic carbocycles. The Morgan fingerprint density at radius 1 is 1.56 bits per heavy atom. The molecule has 16 heavy (non-hydrogen) atoms.